The molecular formula is C14H18N2O5. The van der Waals surface area contributed by atoms with Crippen molar-refractivity contribution in [3.05, 3.63) is 12.2 Å². The highest BCUT2D eigenvalue weighted by Gasteiger charge is 2.31. The molecule has 2 N–H and O–H groups in total. The number of carboxylic acids is 1. The van der Waals surface area contributed by atoms with Gasteiger partial charge in [0.05, 0.1) is 0 Å². The number of hydrogen-bond acceptors (Lipinski definition) is 4. The van der Waals surface area contributed by atoms with E-state index in [0.717, 1.165) is 12.8 Å². The van der Waals surface area contributed by atoms with E-state index in [9.17, 15) is 19.2 Å². The Labute approximate surface area is 122 Å². The number of rotatable bonds is 5. The summed E-state index contributed by atoms with van der Waals surface area (Å²) in [5.41, 5.74) is 0. The molecule has 1 aliphatic heterocycles. The van der Waals surface area contributed by atoms with Crippen molar-refractivity contribution in [1.82, 2.24) is 10.2 Å². The lowest BCUT2D eigenvalue weighted by Crippen LogP contribution is -2.39. The van der Waals surface area contributed by atoms with Gasteiger partial charge in [-0.1, -0.05) is 0 Å². The number of amides is 3. The van der Waals surface area contributed by atoms with E-state index < -0.39 is 5.97 Å². The molecule has 7 nitrogen and oxygen atoms in total. The minimum Gasteiger partial charge on any atom is -0.480 e. The maximum absolute atomic E-state index is 11.8. The number of carbonyl (C=O) groups excluding carboxylic acids is 3. The van der Waals surface area contributed by atoms with E-state index in [1.165, 1.54) is 17.1 Å². The molecule has 3 amide bonds. The van der Waals surface area contributed by atoms with E-state index in [2.05, 4.69) is 5.32 Å². The first kappa shape index (κ1) is 15.2. The van der Waals surface area contributed by atoms with E-state index >= 15 is 0 Å². The molecule has 0 bridgehead atoms. The molecule has 21 heavy (non-hydrogen) atoms. The number of nitrogens with one attached hydrogen (secondary N) is 1. The second kappa shape index (κ2) is 6.51. The standard InChI is InChI=1S/C14H18N2O5/c17-11-5-6-12(18)16(11)8-9-1-3-10(4-2-9)14(21)15-7-13(19)20/h5-6,9-10H,1-4,7-8H2,(H,15,21)(H,19,20). The van der Waals surface area contributed by atoms with Crippen molar-refractivity contribution < 1.29 is 24.3 Å². The summed E-state index contributed by atoms with van der Waals surface area (Å²) in [6.45, 7) is 0.0370. The van der Waals surface area contributed by atoms with Crippen LogP contribution in [0, 0.1) is 11.8 Å². The van der Waals surface area contributed by atoms with Crippen LogP contribution in [0.2, 0.25) is 0 Å². The summed E-state index contributed by atoms with van der Waals surface area (Å²) in [4.78, 5) is 46.3. The number of nitrogens with zero attached hydrogens (tertiary/aromatic N) is 1. The number of hydrogen-bond donors (Lipinski definition) is 2. The molecule has 0 radical (unpaired) electrons. The van der Waals surface area contributed by atoms with Crippen LogP contribution in [0.15, 0.2) is 12.2 Å². The molecule has 0 spiro atoms. The van der Waals surface area contributed by atoms with E-state index in [-0.39, 0.29) is 36.1 Å². The van der Waals surface area contributed by atoms with Crippen molar-refractivity contribution >= 4 is 23.7 Å². The molecule has 0 aromatic rings. The van der Waals surface area contributed by atoms with E-state index in [4.69, 9.17) is 5.11 Å². The van der Waals surface area contributed by atoms with Gasteiger partial charge in [-0.3, -0.25) is 24.1 Å². The maximum Gasteiger partial charge on any atom is 0.322 e. The Morgan fingerprint density at radius 1 is 1.14 bits per heavy atom. The molecule has 0 aromatic carbocycles. The zero-order valence-electron chi connectivity index (χ0n) is 11.6. The van der Waals surface area contributed by atoms with Crippen molar-refractivity contribution in [2.75, 3.05) is 13.1 Å². The molecule has 1 aliphatic carbocycles. The van der Waals surface area contributed by atoms with Gasteiger partial charge >= 0.3 is 5.97 Å². The molecule has 0 aromatic heterocycles. The summed E-state index contributed by atoms with van der Waals surface area (Å²) in [6.07, 6.45) is 5.35. The van der Waals surface area contributed by atoms with Gasteiger partial charge in [0.1, 0.15) is 6.54 Å². The Morgan fingerprint density at radius 2 is 1.71 bits per heavy atom. The van der Waals surface area contributed by atoms with Crippen LogP contribution in [0.1, 0.15) is 25.7 Å². The average Bonchev–Trinajstić information content (AvgIpc) is 2.77. The van der Waals surface area contributed by atoms with Gasteiger partial charge < -0.3 is 10.4 Å². The van der Waals surface area contributed by atoms with Gasteiger partial charge in [-0.25, -0.2) is 0 Å². The number of imide groups is 1. The highest BCUT2D eigenvalue weighted by molar-refractivity contribution is 6.12. The predicted octanol–water partition coefficient (Wildman–Crippen LogP) is -0.0814. The molecule has 0 unspecified atom stereocenters. The fraction of sp³-hybridized carbons (Fsp3) is 0.571. The largest absolute Gasteiger partial charge is 0.480 e. The third-order valence-corrected chi connectivity index (χ3v) is 3.97. The third kappa shape index (κ3) is 3.90. The fourth-order valence-electron chi connectivity index (χ4n) is 2.78. The van der Waals surface area contributed by atoms with Crippen molar-refractivity contribution in [3.63, 3.8) is 0 Å². The quantitative estimate of drug-likeness (QED) is 0.690. The second-order valence-corrected chi connectivity index (χ2v) is 5.45. The highest BCUT2D eigenvalue weighted by atomic mass is 16.4. The first-order valence-electron chi connectivity index (χ1n) is 7.00. The summed E-state index contributed by atoms with van der Waals surface area (Å²) >= 11 is 0. The lowest BCUT2D eigenvalue weighted by molar-refractivity contribution is -0.138. The van der Waals surface area contributed by atoms with Crippen LogP contribution < -0.4 is 5.32 Å². The van der Waals surface area contributed by atoms with E-state index in [0.29, 0.717) is 19.4 Å². The molecular weight excluding hydrogens is 276 g/mol. The normalized spacial score (nSPS) is 25.2. The Bertz CT molecular complexity index is 474. The lowest BCUT2D eigenvalue weighted by atomic mass is 9.81. The Balaban J connectivity index is 1.75. The molecule has 7 heteroatoms. The summed E-state index contributed by atoms with van der Waals surface area (Å²) in [5, 5.41) is 10.9. The number of aliphatic carboxylic acids is 1. The minimum atomic E-state index is -1.06. The van der Waals surface area contributed by atoms with Crippen LogP contribution in [0.3, 0.4) is 0 Å². The molecule has 1 fully saturated rings. The van der Waals surface area contributed by atoms with Gasteiger partial charge in [-0.2, -0.15) is 0 Å². The zero-order chi connectivity index (χ0) is 15.4. The molecule has 2 aliphatic rings. The van der Waals surface area contributed by atoms with Crippen LogP contribution >= 0.6 is 0 Å². The van der Waals surface area contributed by atoms with Gasteiger partial charge in [0, 0.05) is 24.6 Å². The smallest absolute Gasteiger partial charge is 0.322 e. The number of carboxylic acid groups (broad SMARTS) is 1. The van der Waals surface area contributed by atoms with Gasteiger partial charge in [-0.15, -0.1) is 0 Å². The van der Waals surface area contributed by atoms with Crippen LogP contribution in [-0.2, 0) is 19.2 Å². The van der Waals surface area contributed by atoms with Gasteiger partial charge in [0.15, 0.2) is 0 Å². The van der Waals surface area contributed by atoms with Gasteiger partial charge in [-0.05, 0) is 31.6 Å². The zero-order valence-corrected chi connectivity index (χ0v) is 11.6. The van der Waals surface area contributed by atoms with Gasteiger partial charge in [0.25, 0.3) is 11.8 Å². The van der Waals surface area contributed by atoms with E-state index in [1.54, 1.807) is 0 Å². The highest BCUT2D eigenvalue weighted by Crippen LogP contribution is 2.30. The molecule has 1 heterocycles. The first-order chi connectivity index (χ1) is 9.97. The van der Waals surface area contributed by atoms with Crippen molar-refractivity contribution in [3.8, 4) is 0 Å². The van der Waals surface area contributed by atoms with Crippen LogP contribution in [-0.4, -0.2) is 46.8 Å². The molecule has 1 saturated carbocycles. The molecule has 0 saturated heterocycles. The molecule has 0 atom stereocenters. The minimum absolute atomic E-state index is 0.177. The van der Waals surface area contributed by atoms with Crippen LogP contribution in [0.4, 0.5) is 0 Å². The summed E-state index contributed by atoms with van der Waals surface area (Å²) in [5.74, 6) is -1.81. The fourth-order valence-corrected chi connectivity index (χ4v) is 2.78. The van der Waals surface area contributed by atoms with Crippen molar-refractivity contribution in [2.45, 2.75) is 25.7 Å². The first-order valence-corrected chi connectivity index (χ1v) is 7.00. The maximum atomic E-state index is 11.8. The Hall–Kier alpha value is -2.18. The SMILES string of the molecule is O=C(O)CNC(=O)C1CCC(CN2C(=O)C=CC2=O)CC1. The summed E-state index contributed by atoms with van der Waals surface area (Å²) < 4.78 is 0. The predicted molar refractivity (Wildman–Crippen MR) is 72.0 cm³/mol. The lowest BCUT2D eigenvalue weighted by Gasteiger charge is -2.29. The van der Waals surface area contributed by atoms with Crippen LogP contribution in [0.5, 0.6) is 0 Å². The monoisotopic (exact) mass is 294 g/mol. The average molecular weight is 294 g/mol. The van der Waals surface area contributed by atoms with Gasteiger partial charge in [0.2, 0.25) is 5.91 Å². The summed E-state index contributed by atoms with van der Waals surface area (Å²) in [7, 11) is 0. The topological polar surface area (TPSA) is 104 Å². The van der Waals surface area contributed by atoms with Crippen molar-refractivity contribution in [2.24, 2.45) is 11.8 Å². The van der Waals surface area contributed by atoms with Crippen molar-refractivity contribution in [1.29, 1.82) is 0 Å². The second-order valence-electron chi connectivity index (χ2n) is 5.45. The van der Waals surface area contributed by atoms with E-state index in [1.807, 2.05) is 0 Å². The summed E-state index contributed by atoms with van der Waals surface area (Å²) in [6, 6.07) is 0. The Kier molecular flexibility index (Phi) is 4.72. The number of carbonyl (C=O) groups is 4. The Morgan fingerprint density at radius 3 is 2.24 bits per heavy atom. The molecule has 2 rings (SSSR count). The van der Waals surface area contributed by atoms with Crippen LogP contribution in [0.25, 0.3) is 0 Å². The third-order valence-electron chi connectivity index (χ3n) is 3.97. The molecule has 114 valence electrons.